The van der Waals surface area contributed by atoms with E-state index in [4.69, 9.17) is 18.0 Å². The molecule has 0 aliphatic heterocycles. The molecule has 3 nitrogen and oxygen atoms in total. The van der Waals surface area contributed by atoms with E-state index >= 15 is 0 Å². The van der Waals surface area contributed by atoms with E-state index in [1.165, 1.54) is 0 Å². The van der Waals surface area contributed by atoms with Gasteiger partial charge >= 0.3 is 0 Å². The van der Waals surface area contributed by atoms with Crippen molar-refractivity contribution in [2.24, 2.45) is 5.73 Å². The summed E-state index contributed by atoms with van der Waals surface area (Å²) < 4.78 is 0. The largest absolute Gasteiger partial charge is 0.389 e. The lowest BCUT2D eigenvalue weighted by Crippen LogP contribution is -2.20. The van der Waals surface area contributed by atoms with Crippen molar-refractivity contribution in [3.05, 3.63) is 23.4 Å². The minimum Gasteiger partial charge on any atom is -0.389 e. The van der Waals surface area contributed by atoms with Gasteiger partial charge in [-0.3, -0.25) is 0 Å². The van der Waals surface area contributed by atoms with Crippen molar-refractivity contribution in [1.29, 1.82) is 0 Å². The highest BCUT2D eigenvalue weighted by Crippen LogP contribution is 2.13. The lowest BCUT2D eigenvalue weighted by atomic mass is 10.2. The zero-order valence-electron chi connectivity index (χ0n) is 9.45. The van der Waals surface area contributed by atoms with Gasteiger partial charge in [0.2, 0.25) is 0 Å². The highest BCUT2D eigenvalue weighted by Gasteiger charge is 2.05. The van der Waals surface area contributed by atoms with E-state index in [1.54, 1.807) is 0 Å². The fourth-order valence-electron chi connectivity index (χ4n) is 1.44. The van der Waals surface area contributed by atoms with Crippen molar-refractivity contribution in [3.8, 4) is 0 Å². The Kier molecular flexibility index (Phi) is 4.03. The first-order valence-electron chi connectivity index (χ1n) is 5.04. The molecule has 0 aliphatic carbocycles. The van der Waals surface area contributed by atoms with Crippen LogP contribution in [-0.2, 0) is 0 Å². The van der Waals surface area contributed by atoms with Crippen molar-refractivity contribution >= 4 is 23.0 Å². The number of hydrogen-bond donors (Lipinski definition) is 1. The molecule has 4 heteroatoms. The van der Waals surface area contributed by atoms with Crippen molar-refractivity contribution in [2.45, 2.75) is 20.3 Å². The molecule has 0 amide bonds. The smallest absolute Gasteiger partial charge is 0.129 e. The zero-order valence-corrected chi connectivity index (χ0v) is 10.3. The number of hydrogen-bond acceptors (Lipinski definition) is 3. The number of nitrogens with zero attached hydrogens (tertiary/aromatic N) is 2. The normalized spacial score (nSPS) is 10.1. The molecule has 0 fully saturated rings. The van der Waals surface area contributed by atoms with Gasteiger partial charge in [-0.05, 0) is 25.5 Å². The Labute approximate surface area is 96.3 Å². The highest BCUT2D eigenvalue weighted by atomic mass is 32.1. The third kappa shape index (κ3) is 3.16. The van der Waals surface area contributed by atoms with Gasteiger partial charge in [-0.25, -0.2) is 4.98 Å². The third-order valence-corrected chi connectivity index (χ3v) is 2.41. The lowest BCUT2D eigenvalue weighted by Gasteiger charge is -2.18. The Hall–Kier alpha value is -1.16. The molecule has 1 aromatic rings. The lowest BCUT2D eigenvalue weighted by molar-refractivity contribution is 0.835. The van der Waals surface area contributed by atoms with Crippen LogP contribution in [-0.4, -0.2) is 23.6 Å². The first kappa shape index (κ1) is 11.9. The summed E-state index contributed by atoms with van der Waals surface area (Å²) in [5.41, 5.74) is 7.44. The van der Waals surface area contributed by atoms with Crippen LogP contribution in [0.4, 0.5) is 5.82 Å². The Morgan fingerprint density at radius 1 is 1.53 bits per heavy atom. The molecule has 0 unspecified atom stereocenters. The summed E-state index contributed by atoms with van der Waals surface area (Å²) in [5, 5.41) is 0. The molecule has 1 rings (SSSR count). The average molecular weight is 223 g/mol. The molecule has 15 heavy (non-hydrogen) atoms. The molecule has 2 N–H and O–H groups in total. The second kappa shape index (κ2) is 5.07. The predicted octanol–water partition coefficient (Wildman–Crippen LogP) is 1.87. The van der Waals surface area contributed by atoms with Gasteiger partial charge in [0.15, 0.2) is 0 Å². The van der Waals surface area contributed by atoms with Crippen LogP contribution in [0.25, 0.3) is 0 Å². The van der Waals surface area contributed by atoms with Gasteiger partial charge in [-0.15, -0.1) is 0 Å². The topological polar surface area (TPSA) is 42.1 Å². The van der Waals surface area contributed by atoms with Gasteiger partial charge in [0.1, 0.15) is 10.8 Å². The van der Waals surface area contributed by atoms with Gasteiger partial charge in [0.25, 0.3) is 0 Å². The SMILES string of the molecule is CCCN(C)c1cc(C(N)=S)cc(C)n1. The van der Waals surface area contributed by atoms with E-state index in [0.717, 1.165) is 30.0 Å². The fourth-order valence-corrected chi connectivity index (χ4v) is 1.56. The molecule has 0 aliphatic rings. The van der Waals surface area contributed by atoms with Gasteiger partial charge < -0.3 is 10.6 Å². The molecule has 82 valence electrons. The van der Waals surface area contributed by atoms with Gasteiger partial charge in [-0.1, -0.05) is 19.1 Å². The molecule has 0 saturated carbocycles. The van der Waals surface area contributed by atoms with E-state index in [-0.39, 0.29) is 0 Å². The molecule has 0 saturated heterocycles. The number of thiocarbonyl (C=S) groups is 1. The summed E-state index contributed by atoms with van der Waals surface area (Å²) in [7, 11) is 2.02. The van der Waals surface area contributed by atoms with Crippen LogP contribution < -0.4 is 10.6 Å². The third-order valence-electron chi connectivity index (χ3n) is 2.17. The van der Waals surface area contributed by atoms with Crippen LogP contribution in [0.15, 0.2) is 12.1 Å². The minimum atomic E-state index is 0.423. The van der Waals surface area contributed by atoms with Crippen LogP contribution in [0.3, 0.4) is 0 Å². The molecule has 1 aromatic heterocycles. The fraction of sp³-hybridized carbons (Fsp3) is 0.455. The standard InChI is InChI=1S/C11H17N3S/c1-4-5-14(3)10-7-9(11(12)15)6-8(2)13-10/h6-7H,4-5H2,1-3H3,(H2,12,15). The van der Waals surface area contributed by atoms with Crippen molar-refractivity contribution in [2.75, 3.05) is 18.5 Å². The molecular weight excluding hydrogens is 206 g/mol. The number of rotatable bonds is 4. The Morgan fingerprint density at radius 2 is 2.20 bits per heavy atom. The predicted molar refractivity (Wildman–Crippen MR) is 68.4 cm³/mol. The summed E-state index contributed by atoms with van der Waals surface area (Å²) in [6, 6.07) is 3.84. The number of aryl methyl sites for hydroxylation is 1. The van der Waals surface area contributed by atoms with Crippen molar-refractivity contribution in [3.63, 3.8) is 0 Å². The van der Waals surface area contributed by atoms with E-state index in [0.29, 0.717) is 4.99 Å². The van der Waals surface area contributed by atoms with E-state index in [2.05, 4.69) is 16.8 Å². The summed E-state index contributed by atoms with van der Waals surface area (Å²) in [4.78, 5) is 6.97. The quantitative estimate of drug-likeness (QED) is 0.791. The number of nitrogens with two attached hydrogens (primary N) is 1. The number of aromatic nitrogens is 1. The molecule has 0 atom stereocenters. The Balaban J connectivity index is 3.03. The molecule has 0 radical (unpaired) electrons. The van der Waals surface area contributed by atoms with Crippen LogP contribution in [0.1, 0.15) is 24.6 Å². The second-order valence-corrected chi connectivity index (χ2v) is 4.08. The van der Waals surface area contributed by atoms with E-state index in [1.807, 2.05) is 26.1 Å². The molecule has 0 spiro atoms. The Bertz CT molecular complexity index is 363. The number of anilines is 1. The maximum Gasteiger partial charge on any atom is 0.129 e. The summed E-state index contributed by atoms with van der Waals surface area (Å²) in [6.45, 7) is 5.07. The Morgan fingerprint density at radius 3 is 2.73 bits per heavy atom. The van der Waals surface area contributed by atoms with Crippen molar-refractivity contribution in [1.82, 2.24) is 4.98 Å². The molecule has 1 heterocycles. The maximum absolute atomic E-state index is 5.61. The summed E-state index contributed by atoms with van der Waals surface area (Å²) in [6.07, 6.45) is 1.09. The van der Waals surface area contributed by atoms with Crippen LogP contribution in [0, 0.1) is 6.92 Å². The molecular formula is C11H17N3S. The summed E-state index contributed by atoms with van der Waals surface area (Å²) >= 11 is 4.96. The zero-order chi connectivity index (χ0) is 11.4. The summed E-state index contributed by atoms with van der Waals surface area (Å²) in [5.74, 6) is 0.930. The minimum absolute atomic E-state index is 0.423. The molecule has 0 bridgehead atoms. The second-order valence-electron chi connectivity index (χ2n) is 3.64. The maximum atomic E-state index is 5.61. The van der Waals surface area contributed by atoms with E-state index in [9.17, 15) is 0 Å². The van der Waals surface area contributed by atoms with Gasteiger partial charge in [0, 0.05) is 24.8 Å². The van der Waals surface area contributed by atoms with E-state index < -0.39 is 0 Å². The molecule has 0 aromatic carbocycles. The monoisotopic (exact) mass is 223 g/mol. The van der Waals surface area contributed by atoms with Gasteiger partial charge in [-0.2, -0.15) is 0 Å². The van der Waals surface area contributed by atoms with Crippen LogP contribution in [0.5, 0.6) is 0 Å². The number of pyridine rings is 1. The van der Waals surface area contributed by atoms with Gasteiger partial charge in [0.05, 0.1) is 0 Å². The van der Waals surface area contributed by atoms with Crippen LogP contribution >= 0.6 is 12.2 Å². The first-order valence-corrected chi connectivity index (χ1v) is 5.45. The average Bonchev–Trinajstić information content (AvgIpc) is 2.17. The highest BCUT2D eigenvalue weighted by molar-refractivity contribution is 7.80. The van der Waals surface area contributed by atoms with Crippen molar-refractivity contribution < 1.29 is 0 Å². The van der Waals surface area contributed by atoms with Crippen LogP contribution in [0.2, 0.25) is 0 Å². The first-order chi connectivity index (χ1) is 7.04.